The van der Waals surface area contributed by atoms with Crippen LogP contribution in [-0.2, 0) is 10.0 Å². The van der Waals surface area contributed by atoms with Crippen molar-refractivity contribution in [2.75, 3.05) is 44.4 Å². The summed E-state index contributed by atoms with van der Waals surface area (Å²) >= 11 is 0. The molecule has 1 fully saturated rings. The second-order valence-electron chi connectivity index (χ2n) is 7.83. The van der Waals surface area contributed by atoms with E-state index >= 15 is 0 Å². The van der Waals surface area contributed by atoms with E-state index in [-0.39, 0.29) is 11.8 Å². The molecule has 2 unspecified atom stereocenters. The molecule has 0 amide bonds. The number of piperidine rings is 1. The summed E-state index contributed by atoms with van der Waals surface area (Å²) in [6.45, 7) is 4.07. The molecule has 1 aliphatic heterocycles. The summed E-state index contributed by atoms with van der Waals surface area (Å²) in [6, 6.07) is 9.62. The monoisotopic (exact) mass is 401 g/mol. The van der Waals surface area contributed by atoms with E-state index in [1.54, 1.807) is 12.3 Å². The molecule has 3 rings (SSSR count). The van der Waals surface area contributed by atoms with Crippen LogP contribution in [0.1, 0.15) is 18.9 Å². The molecule has 2 atom stereocenters. The molecule has 7 nitrogen and oxygen atoms in total. The van der Waals surface area contributed by atoms with E-state index in [0.29, 0.717) is 30.1 Å². The lowest BCUT2D eigenvalue weighted by atomic mass is 9.95. The molecule has 1 aliphatic rings. The number of fused-ring (bicyclic) bond motifs is 1. The fourth-order valence-electron chi connectivity index (χ4n) is 3.77. The summed E-state index contributed by atoms with van der Waals surface area (Å²) in [7, 11) is 0.398. The quantitative estimate of drug-likeness (QED) is 0.794. The Labute approximate surface area is 167 Å². The van der Waals surface area contributed by atoms with Gasteiger partial charge >= 0.3 is 0 Å². The van der Waals surface area contributed by atoms with Gasteiger partial charge in [-0.05, 0) is 50.7 Å². The van der Waals surface area contributed by atoms with Crippen molar-refractivity contribution in [3.05, 3.63) is 36.0 Å². The Balaban J connectivity index is 1.84. The predicted octanol–water partition coefficient (Wildman–Crippen LogP) is 1.80. The number of hydrogen-bond donors (Lipinski definition) is 1. The van der Waals surface area contributed by atoms with Crippen LogP contribution < -0.4 is 9.62 Å². The molecule has 0 bridgehead atoms. The Morgan fingerprint density at radius 2 is 2.11 bits per heavy atom. The second-order valence-corrected chi connectivity index (χ2v) is 9.70. The number of anilines is 1. The van der Waals surface area contributed by atoms with E-state index in [0.717, 1.165) is 24.0 Å². The number of pyridine rings is 1. The fourth-order valence-corrected chi connectivity index (χ4v) is 5.17. The van der Waals surface area contributed by atoms with Gasteiger partial charge in [-0.3, -0.25) is 4.98 Å². The van der Waals surface area contributed by atoms with Crippen LogP contribution in [0.3, 0.4) is 0 Å². The summed E-state index contributed by atoms with van der Waals surface area (Å²) in [5.74, 6) is 0.437. The zero-order valence-corrected chi connectivity index (χ0v) is 17.4. The molecule has 0 saturated carbocycles. The van der Waals surface area contributed by atoms with Crippen LogP contribution in [0.2, 0.25) is 0 Å². The minimum Gasteiger partial charge on any atom is -0.369 e. The van der Waals surface area contributed by atoms with Gasteiger partial charge in [0.25, 0.3) is 0 Å². The first-order chi connectivity index (χ1) is 13.3. The normalized spacial score (nSPS) is 20.5. The number of hydrogen-bond acceptors (Lipinski definition) is 6. The molecule has 150 valence electrons. The average molecular weight is 402 g/mol. The van der Waals surface area contributed by atoms with Crippen molar-refractivity contribution in [3.63, 3.8) is 0 Å². The molecular formula is C20H27N5O2S. The molecule has 1 N–H and O–H groups in total. The molecule has 0 radical (unpaired) electrons. The molecule has 0 aliphatic carbocycles. The number of nitrogens with one attached hydrogen (secondary N) is 1. The maximum Gasteiger partial charge on any atom is 0.213 e. The average Bonchev–Trinajstić information content (AvgIpc) is 2.64. The smallest absolute Gasteiger partial charge is 0.213 e. The van der Waals surface area contributed by atoms with Crippen LogP contribution in [0, 0.1) is 17.2 Å². The maximum atomic E-state index is 12.4. The van der Waals surface area contributed by atoms with Crippen LogP contribution in [0.4, 0.5) is 5.69 Å². The van der Waals surface area contributed by atoms with E-state index in [2.05, 4.69) is 27.6 Å². The third-order valence-corrected chi connectivity index (χ3v) is 6.43. The number of aromatic nitrogens is 1. The standard InChI is InChI=1S/C20H27N5O2S/c1-15-11-17(23-28(26,27)10-9-24(2)3)14-25(13-15)19-7-6-16(12-21)20-18(19)5-4-8-22-20/h4-8,15,17,23H,9-11,13-14H2,1-3H3. The zero-order valence-electron chi connectivity index (χ0n) is 16.6. The molecular weight excluding hydrogens is 374 g/mol. The number of sulfonamides is 1. The van der Waals surface area contributed by atoms with Crippen LogP contribution in [0.5, 0.6) is 0 Å². The van der Waals surface area contributed by atoms with Gasteiger partial charge in [0.1, 0.15) is 6.07 Å². The van der Waals surface area contributed by atoms with E-state index in [9.17, 15) is 13.7 Å². The predicted molar refractivity (Wildman–Crippen MR) is 112 cm³/mol. The molecule has 8 heteroatoms. The first kappa shape index (κ1) is 20.5. The summed E-state index contributed by atoms with van der Waals surface area (Å²) in [4.78, 5) is 8.45. The Bertz CT molecular complexity index is 984. The Morgan fingerprint density at radius 3 is 2.82 bits per heavy atom. The molecule has 0 spiro atoms. The van der Waals surface area contributed by atoms with Crippen molar-refractivity contribution < 1.29 is 8.42 Å². The van der Waals surface area contributed by atoms with Crippen LogP contribution >= 0.6 is 0 Å². The minimum absolute atomic E-state index is 0.0919. The van der Waals surface area contributed by atoms with Gasteiger partial charge in [-0.15, -0.1) is 0 Å². The van der Waals surface area contributed by atoms with Gasteiger partial charge in [0.2, 0.25) is 10.0 Å². The lowest BCUT2D eigenvalue weighted by Gasteiger charge is -2.38. The lowest BCUT2D eigenvalue weighted by molar-refractivity contribution is 0.379. The summed E-state index contributed by atoms with van der Waals surface area (Å²) < 4.78 is 27.8. The van der Waals surface area contributed by atoms with Gasteiger partial charge in [-0.25, -0.2) is 13.1 Å². The van der Waals surface area contributed by atoms with Crippen LogP contribution in [0.15, 0.2) is 30.5 Å². The van der Waals surface area contributed by atoms with Crippen molar-refractivity contribution in [2.45, 2.75) is 19.4 Å². The highest BCUT2D eigenvalue weighted by Gasteiger charge is 2.29. The van der Waals surface area contributed by atoms with E-state index in [4.69, 9.17) is 0 Å². The van der Waals surface area contributed by atoms with Gasteiger partial charge in [-0.1, -0.05) is 6.92 Å². The summed E-state index contributed by atoms with van der Waals surface area (Å²) in [6.07, 6.45) is 2.50. The lowest BCUT2D eigenvalue weighted by Crippen LogP contribution is -2.51. The van der Waals surface area contributed by atoms with Crippen molar-refractivity contribution >= 4 is 26.6 Å². The molecule has 1 aromatic heterocycles. The van der Waals surface area contributed by atoms with Crippen LogP contribution in [-0.4, -0.2) is 63.8 Å². The summed E-state index contributed by atoms with van der Waals surface area (Å²) in [5, 5.41) is 10.3. The molecule has 28 heavy (non-hydrogen) atoms. The van der Waals surface area contributed by atoms with E-state index in [1.807, 2.05) is 37.2 Å². The minimum atomic E-state index is -3.33. The summed E-state index contributed by atoms with van der Waals surface area (Å²) in [5.41, 5.74) is 2.22. The topological polar surface area (TPSA) is 89.3 Å². The number of nitrogens with zero attached hydrogens (tertiary/aromatic N) is 4. The number of benzene rings is 1. The highest BCUT2D eigenvalue weighted by molar-refractivity contribution is 7.89. The second kappa shape index (κ2) is 8.43. The largest absolute Gasteiger partial charge is 0.369 e. The Morgan fingerprint density at radius 1 is 1.32 bits per heavy atom. The fraction of sp³-hybridized carbons (Fsp3) is 0.500. The van der Waals surface area contributed by atoms with Gasteiger partial charge in [0.05, 0.1) is 16.8 Å². The van der Waals surface area contributed by atoms with Crippen molar-refractivity contribution in [1.82, 2.24) is 14.6 Å². The van der Waals surface area contributed by atoms with Crippen molar-refractivity contribution in [1.29, 1.82) is 5.26 Å². The van der Waals surface area contributed by atoms with E-state index in [1.165, 1.54) is 0 Å². The van der Waals surface area contributed by atoms with Gasteiger partial charge in [-0.2, -0.15) is 5.26 Å². The van der Waals surface area contributed by atoms with Gasteiger partial charge in [0, 0.05) is 42.9 Å². The first-order valence-electron chi connectivity index (χ1n) is 9.46. The Kier molecular flexibility index (Phi) is 6.18. The molecule has 2 aromatic rings. The number of nitriles is 1. The highest BCUT2D eigenvalue weighted by atomic mass is 32.2. The first-order valence-corrected chi connectivity index (χ1v) is 11.1. The SMILES string of the molecule is CC1CC(NS(=O)(=O)CCN(C)C)CN(c2ccc(C#N)c3ncccc23)C1. The van der Waals surface area contributed by atoms with Gasteiger partial charge in [0.15, 0.2) is 0 Å². The zero-order chi connectivity index (χ0) is 20.3. The Hall–Kier alpha value is -2.21. The maximum absolute atomic E-state index is 12.4. The third-order valence-electron chi connectivity index (χ3n) is 5.02. The molecule has 1 saturated heterocycles. The molecule has 1 aromatic carbocycles. The van der Waals surface area contributed by atoms with Crippen molar-refractivity contribution in [2.24, 2.45) is 5.92 Å². The van der Waals surface area contributed by atoms with E-state index < -0.39 is 10.0 Å². The molecule has 2 heterocycles. The van der Waals surface area contributed by atoms with Crippen LogP contribution in [0.25, 0.3) is 10.9 Å². The highest BCUT2D eigenvalue weighted by Crippen LogP contribution is 2.31. The third kappa shape index (κ3) is 4.79. The van der Waals surface area contributed by atoms with Crippen molar-refractivity contribution in [3.8, 4) is 6.07 Å². The number of rotatable bonds is 6. The van der Waals surface area contributed by atoms with Gasteiger partial charge < -0.3 is 9.80 Å².